The van der Waals surface area contributed by atoms with E-state index in [1.165, 1.54) is 25.3 Å². The lowest BCUT2D eigenvalue weighted by atomic mass is 10.1. The average molecular weight is 304 g/mol. The number of rotatable bonds is 7. The highest BCUT2D eigenvalue weighted by atomic mass is 16.6. The van der Waals surface area contributed by atoms with Crippen molar-refractivity contribution >= 4 is 23.4 Å². The summed E-state index contributed by atoms with van der Waals surface area (Å²) in [6, 6.07) is 6.17. The van der Waals surface area contributed by atoms with Crippen LogP contribution in [0, 0.1) is 21.4 Å². The summed E-state index contributed by atoms with van der Waals surface area (Å²) in [4.78, 5) is 22.2. The normalized spacial score (nSPS) is 10.7. The van der Waals surface area contributed by atoms with Crippen molar-refractivity contribution in [3.05, 3.63) is 39.4 Å². The number of carbonyl (C=O) groups excluding carboxylic acids is 1. The Bertz CT molecular complexity index is 634. The van der Waals surface area contributed by atoms with E-state index in [4.69, 9.17) is 10.00 Å². The fourth-order valence-electron chi connectivity index (χ4n) is 1.68. The number of nitriles is 1. The van der Waals surface area contributed by atoms with Gasteiger partial charge < -0.3 is 15.4 Å². The van der Waals surface area contributed by atoms with E-state index in [-0.39, 0.29) is 17.8 Å². The van der Waals surface area contributed by atoms with E-state index in [0.29, 0.717) is 17.9 Å². The number of nitro benzene ring substituents is 1. The Morgan fingerprint density at radius 2 is 2.27 bits per heavy atom. The lowest BCUT2D eigenvalue weighted by molar-refractivity contribution is -0.384. The monoisotopic (exact) mass is 304 g/mol. The van der Waals surface area contributed by atoms with Crippen LogP contribution >= 0.6 is 0 Å². The van der Waals surface area contributed by atoms with E-state index in [1.54, 1.807) is 19.2 Å². The van der Waals surface area contributed by atoms with Gasteiger partial charge in [0.2, 0.25) is 0 Å². The summed E-state index contributed by atoms with van der Waals surface area (Å²) in [5, 5.41) is 25.2. The summed E-state index contributed by atoms with van der Waals surface area (Å²) in [5.74, 6) is -0.556. The Hall–Kier alpha value is -2.92. The molecule has 8 nitrogen and oxygen atoms in total. The second-order valence-electron chi connectivity index (χ2n) is 4.20. The predicted molar refractivity (Wildman–Crippen MR) is 81.1 cm³/mol. The summed E-state index contributed by atoms with van der Waals surface area (Å²) in [6.07, 6.45) is 1.30. The third-order valence-electron chi connectivity index (χ3n) is 2.76. The van der Waals surface area contributed by atoms with Crippen molar-refractivity contribution in [3.8, 4) is 6.07 Å². The van der Waals surface area contributed by atoms with Gasteiger partial charge in [0, 0.05) is 26.8 Å². The molecular formula is C14H16N4O4. The molecule has 116 valence electrons. The van der Waals surface area contributed by atoms with Crippen LogP contribution < -0.4 is 10.6 Å². The smallest absolute Gasteiger partial charge is 0.292 e. The van der Waals surface area contributed by atoms with Gasteiger partial charge in [0.1, 0.15) is 17.3 Å². The van der Waals surface area contributed by atoms with Crippen molar-refractivity contribution in [2.75, 3.05) is 32.6 Å². The molecule has 0 saturated carbocycles. The molecule has 0 spiro atoms. The van der Waals surface area contributed by atoms with E-state index < -0.39 is 10.8 Å². The minimum Gasteiger partial charge on any atom is -0.383 e. The maximum Gasteiger partial charge on any atom is 0.292 e. The lowest BCUT2D eigenvalue weighted by Crippen LogP contribution is -2.27. The topological polar surface area (TPSA) is 117 Å². The third-order valence-corrected chi connectivity index (χ3v) is 2.76. The second-order valence-corrected chi connectivity index (χ2v) is 4.20. The quantitative estimate of drug-likeness (QED) is 0.258. The number of hydrogen-bond donors (Lipinski definition) is 2. The largest absolute Gasteiger partial charge is 0.383 e. The van der Waals surface area contributed by atoms with Crippen LogP contribution in [-0.2, 0) is 9.53 Å². The number of nitrogens with zero attached hydrogens (tertiary/aromatic N) is 2. The number of methoxy groups -OCH3 is 1. The molecule has 22 heavy (non-hydrogen) atoms. The number of nitrogens with one attached hydrogen (secondary N) is 2. The van der Waals surface area contributed by atoms with Gasteiger partial charge in [-0.05, 0) is 17.7 Å². The van der Waals surface area contributed by atoms with Crippen LogP contribution in [0.4, 0.5) is 11.4 Å². The summed E-state index contributed by atoms with van der Waals surface area (Å²) >= 11 is 0. The predicted octanol–water partition coefficient (Wildman–Crippen LogP) is 1.31. The van der Waals surface area contributed by atoms with Crippen molar-refractivity contribution in [2.24, 2.45) is 0 Å². The molecule has 0 saturated heterocycles. The molecule has 0 aromatic heterocycles. The van der Waals surface area contributed by atoms with Crippen LogP contribution in [0.3, 0.4) is 0 Å². The molecule has 0 fully saturated rings. The van der Waals surface area contributed by atoms with Gasteiger partial charge in [0.05, 0.1) is 11.5 Å². The minimum absolute atomic E-state index is 0.131. The van der Waals surface area contributed by atoms with Crippen LogP contribution in [0.15, 0.2) is 23.8 Å². The minimum atomic E-state index is -0.556. The van der Waals surface area contributed by atoms with Crippen LogP contribution in [0.25, 0.3) is 6.08 Å². The first-order chi connectivity index (χ1) is 10.5. The molecule has 0 bridgehead atoms. The van der Waals surface area contributed by atoms with Gasteiger partial charge in [-0.25, -0.2) is 0 Å². The molecular weight excluding hydrogens is 288 g/mol. The van der Waals surface area contributed by atoms with Crippen LogP contribution in [0.5, 0.6) is 0 Å². The molecule has 0 atom stereocenters. The van der Waals surface area contributed by atoms with Crippen molar-refractivity contribution in [1.82, 2.24) is 5.32 Å². The van der Waals surface area contributed by atoms with E-state index in [1.807, 2.05) is 0 Å². The summed E-state index contributed by atoms with van der Waals surface area (Å²) in [6.45, 7) is 0.597. The Labute approximate surface area is 127 Å². The van der Waals surface area contributed by atoms with Gasteiger partial charge in [-0.3, -0.25) is 14.9 Å². The number of ether oxygens (including phenoxy) is 1. The summed E-state index contributed by atoms with van der Waals surface area (Å²) in [7, 11) is 3.07. The Balaban J connectivity index is 3.03. The first kappa shape index (κ1) is 17.1. The zero-order valence-electron chi connectivity index (χ0n) is 12.3. The van der Waals surface area contributed by atoms with Gasteiger partial charge in [-0.2, -0.15) is 5.26 Å². The Kier molecular flexibility index (Phi) is 6.53. The molecule has 1 rings (SSSR count). The summed E-state index contributed by atoms with van der Waals surface area (Å²) in [5.41, 5.74) is 0.477. The van der Waals surface area contributed by atoms with Gasteiger partial charge in [0.15, 0.2) is 0 Å². The first-order valence-corrected chi connectivity index (χ1v) is 6.38. The number of benzene rings is 1. The van der Waals surface area contributed by atoms with Crippen molar-refractivity contribution in [3.63, 3.8) is 0 Å². The molecule has 0 heterocycles. The van der Waals surface area contributed by atoms with E-state index in [2.05, 4.69) is 10.6 Å². The number of nitro groups is 1. The van der Waals surface area contributed by atoms with Gasteiger partial charge in [-0.1, -0.05) is 6.07 Å². The van der Waals surface area contributed by atoms with Gasteiger partial charge >= 0.3 is 0 Å². The molecule has 2 N–H and O–H groups in total. The first-order valence-electron chi connectivity index (χ1n) is 6.38. The van der Waals surface area contributed by atoms with Gasteiger partial charge in [-0.15, -0.1) is 0 Å². The van der Waals surface area contributed by atoms with Crippen molar-refractivity contribution in [1.29, 1.82) is 5.26 Å². The maximum absolute atomic E-state index is 11.8. The average Bonchev–Trinajstić information content (AvgIpc) is 2.52. The van der Waals surface area contributed by atoms with Crippen LogP contribution in [0.1, 0.15) is 5.56 Å². The molecule has 1 aromatic carbocycles. The molecule has 0 aliphatic carbocycles. The van der Waals surface area contributed by atoms with E-state index in [9.17, 15) is 14.9 Å². The molecule has 0 unspecified atom stereocenters. The maximum atomic E-state index is 11.8. The lowest BCUT2D eigenvalue weighted by Gasteiger charge is -2.05. The fraction of sp³-hybridized carbons (Fsp3) is 0.286. The molecule has 0 radical (unpaired) electrons. The van der Waals surface area contributed by atoms with Crippen LogP contribution in [0.2, 0.25) is 0 Å². The highest BCUT2D eigenvalue weighted by Crippen LogP contribution is 2.26. The zero-order valence-corrected chi connectivity index (χ0v) is 12.3. The molecule has 0 aliphatic rings. The van der Waals surface area contributed by atoms with E-state index in [0.717, 1.165) is 0 Å². The Morgan fingerprint density at radius 1 is 1.55 bits per heavy atom. The SMILES string of the molecule is CNc1ccc(/C=C(\C#N)C(=O)NCCOC)cc1[N+](=O)[O-]. The second kappa shape index (κ2) is 8.39. The Morgan fingerprint density at radius 3 is 2.82 bits per heavy atom. The van der Waals surface area contributed by atoms with Crippen molar-refractivity contribution in [2.45, 2.75) is 0 Å². The van der Waals surface area contributed by atoms with Gasteiger partial charge in [0.25, 0.3) is 11.6 Å². The number of carbonyl (C=O) groups is 1. The summed E-state index contributed by atoms with van der Waals surface area (Å²) < 4.78 is 4.79. The number of anilines is 1. The molecule has 8 heteroatoms. The van der Waals surface area contributed by atoms with Crippen molar-refractivity contribution < 1.29 is 14.5 Å². The highest BCUT2D eigenvalue weighted by Gasteiger charge is 2.14. The molecule has 1 aromatic rings. The highest BCUT2D eigenvalue weighted by molar-refractivity contribution is 6.01. The third kappa shape index (κ3) is 4.57. The van der Waals surface area contributed by atoms with Crippen LogP contribution in [-0.4, -0.2) is 38.1 Å². The zero-order chi connectivity index (χ0) is 16.5. The van der Waals surface area contributed by atoms with E-state index >= 15 is 0 Å². The molecule has 1 amide bonds. The standard InChI is InChI=1S/C14H16N4O4/c1-16-12-4-3-10(8-13(12)18(20)21)7-11(9-15)14(19)17-5-6-22-2/h3-4,7-8,16H,5-6H2,1-2H3,(H,17,19)/b11-7+. The fourth-order valence-corrected chi connectivity index (χ4v) is 1.68. The number of hydrogen-bond acceptors (Lipinski definition) is 6. The molecule has 0 aliphatic heterocycles. The number of amides is 1.